The molecule has 0 aliphatic heterocycles. The normalized spacial score (nSPS) is 0. The number of halogens is 4. The first kappa shape index (κ1) is 106. The smallest absolute Gasteiger partial charge is 0 e. The van der Waals surface area contributed by atoms with Crippen molar-refractivity contribution in [2.75, 3.05) is 0 Å². The predicted molar refractivity (Wildman–Crippen MR) is 35.7 cm³/mol. The molecule has 0 unspecified atom stereocenters. The second kappa shape index (κ2) is 67.5. The molecule has 0 aromatic heterocycles. The maximum atomic E-state index is 0. The van der Waals surface area contributed by atoms with E-state index < -0.39 is 0 Å². The summed E-state index contributed by atoms with van der Waals surface area (Å²) in [6.45, 7) is 0. The van der Waals surface area contributed by atoms with Crippen molar-refractivity contribution in [3.63, 3.8) is 0 Å². The molecule has 0 aliphatic carbocycles. The zero-order valence-electron chi connectivity index (χ0n) is 2.13. The molecular formula is CH8Cl4Ti. The van der Waals surface area contributed by atoms with E-state index in [9.17, 15) is 0 Å². The van der Waals surface area contributed by atoms with E-state index in [-0.39, 0.29) is 78.8 Å². The fraction of sp³-hybridized carbons (Fsp3) is 1.00. The fourth-order valence-electron chi connectivity index (χ4n) is 0. The average molecular weight is 210 g/mol. The fourth-order valence-corrected chi connectivity index (χ4v) is 0. The first-order chi connectivity index (χ1) is 0. The Morgan fingerprint density at radius 2 is 0.500 bits per heavy atom. The zero-order valence-corrected chi connectivity index (χ0v) is 6.96. The van der Waals surface area contributed by atoms with Crippen LogP contribution in [0.3, 0.4) is 0 Å². The van der Waals surface area contributed by atoms with Gasteiger partial charge in [0.2, 0.25) is 0 Å². The third-order valence-corrected chi connectivity index (χ3v) is 0. The van der Waals surface area contributed by atoms with Crippen LogP contribution in [-0.4, -0.2) is 0 Å². The minimum Gasteiger partial charge on any atom is -0.147 e. The van der Waals surface area contributed by atoms with Crippen molar-refractivity contribution < 1.29 is 21.7 Å². The molecule has 0 N–H and O–H groups in total. The molecule has 0 atom stereocenters. The topological polar surface area (TPSA) is 0 Å². The summed E-state index contributed by atoms with van der Waals surface area (Å²) in [6.07, 6.45) is 0. The van der Waals surface area contributed by atoms with Crippen LogP contribution >= 0.6 is 49.6 Å². The van der Waals surface area contributed by atoms with Gasteiger partial charge >= 0.3 is 0 Å². The largest absolute Gasteiger partial charge is 0.147 e. The van der Waals surface area contributed by atoms with E-state index in [1.807, 2.05) is 0 Å². The Morgan fingerprint density at radius 1 is 0.500 bits per heavy atom. The van der Waals surface area contributed by atoms with Gasteiger partial charge in [-0.25, -0.2) is 0 Å². The zero-order chi connectivity index (χ0) is 0. The van der Waals surface area contributed by atoms with Gasteiger partial charge < -0.3 is 0 Å². The molecule has 0 amide bonds. The Hall–Kier alpha value is 1.87. The first-order valence-corrected chi connectivity index (χ1v) is 0. The maximum Gasteiger partial charge on any atom is 0 e. The number of rotatable bonds is 0. The molecule has 0 aliphatic rings. The molecule has 0 nitrogen and oxygen atoms in total. The van der Waals surface area contributed by atoms with Crippen LogP contribution in [0.5, 0.6) is 0 Å². The van der Waals surface area contributed by atoms with Gasteiger partial charge in [-0.3, -0.25) is 0 Å². The van der Waals surface area contributed by atoms with Gasteiger partial charge in [-0.05, 0) is 0 Å². The standard InChI is InChI=1S/CH4.4ClH.Ti/h1H4;4*1H;. The van der Waals surface area contributed by atoms with Crippen molar-refractivity contribution in [1.82, 2.24) is 0 Å². The van der Waals surface area contributed by atoms with Crippen LogP contribution in [0.2, 0.25) is 0 Å². The van der Waals surface area contributed by atoms with E-state index in [0.29, 0.717) is 0 Å². The van der Waals surface area contributed by atoms with Crippen LogP contribution in [0.1, 0.15) is 7.43 Å². The van der Waals surface area contributed by atoms with Gasteiger partial charge in [0.25, 0.3) is 0 Å². The summed E-state index contributed by atoms with van der Waals surface area (Å²) < 4.78 is 0. The van der Waals surface area contributed by atoms with Crippen molar-refractivity contribution in [1.29, 1.82) is 0 Å². The number of hydrogen-bond donors (Lipinski definition) is 0. The molecule has 0 aromatic carbocycles. The van der Waals surface area contributed by atoms with Crippen molar-refractivity contribution in [3.8, 4) is 0 Å². The number of hydrogen-bond acceptors (Lipinski definition) is 0. The Labute approximate surface area is 78.4 Å². The monoisotopic (exact) mass is 208 g/mol. The van der Waals surface area contributed by atoms with Crippen LogP contribution in [-0.2, 0) is 21.7 Å². The van der Waals surface area contributed by atoms with Crippen molar-refractivity contribution in [2.45, 2.75) is 7.43 Å². The summed E-state index contributed by atoms with van der Waals surface area (Å²) >= 11 is 0. The molecule has 0 rings (SSSR count). The third-order valence-electron chi connectivity index (χ3n) is 0. The van der Waals surface area contributed by atoms with Crippen molar-refractivity contribution >= 4 is 49.6 Å². The van der Waals surface area contributed by atoms with Crippen LogP contribution in [0, 0.1) is 0 Å². The molecule has 0 saturated heterocycles. The van der Waals surface area contributed by atoms with E-state index in [4.69, 9.17) is 0 Å². The molecule has 0 saturated carbocycles. The van der Waals surface area contributed by atoms with Crippen molar-refractivity contribution in [2.24, 2.45) is 0 Å². The van der Waals surface area contributed by atoms with Gasteiger partial charge in [-0.2, -0.15) is 0 Å². The Morgan fingerprint density at radius 3 is 0.500 bits per heavy atom. The first-order valence-electron chi connectivity index (χ1n) is 0. The maximum absolute atomic E-state index is 0. The Balaban J connectivity index is 0. The van der Waals surface area contributed by atoms with Crippen LogP contribution < -0.4 is 0 Å². The quantitative estimate of drug-likeness (QED) is 0.538. The molecule has 0 radical (unpaired) electrons. The molecule has 6 heavy (non-hydrogen) atoms. The van der Waals surface area contributed by atoms with Gasteiger partial charge in [-0.1, -0.05) is 7.43 Å². The third kappa shape index (κ3) is 39.7. The predicted octanol–water partition coefficient (Wildman–Crippen LogP) is 2.32. The summed E-state index contributed by atoms with van der Waals surface area (Å²) in [6, 6.07) is 0. The minimum atomic E-state index is 0. The molecule has 0 heterocycles. The second-order valence-corrected chi connectivity index (χ2v) is 0. The van der Waals surface area contributed by atoms with E-state index in [1.165, 1.54) is 0 Å². The van der Waals surface area contributed by atoms with Gasteiger partial charge in [-0.15, -0.1) is 49.6 Å². The minimum absolute atomic E-state index is 0. The second-order valence-electron chi connectivity index (χ2n) is 0. The molecule has 0 fully saturated rings. The van der Waals surface area contributed by atoms with E-state index in [1.54, 1.807) is 0 Å². The molecule has 0 aromatic rings. The summed E-state index contributed by atoms with van der Waals surface area (Å²) in [4.78, 5) is 0. The summed E-state index contributed by atoms with van der Waals surface area (Å²) in [5, 5.41) is 0. The molecule has 5 heteroatoms. The summed E-state index contributed by atoms with van der Waals surface area (Å²) in [5.74, 6) is 0. The molecule has 0 spiro atoms. The van der Waals surface area contributed by atoms with Gasteiger partial charge in [0.15, 0.2) is 0 Å². The summed E-state index contributed by atoms with van der Waals surface area (Å²) in [5.41, 5.74) is 0. The van der Waals surface area contributed by atoms with Crippen molar-refractivity contribution in [3.05, 3.63) is 0 Å². The van der Waals surface area contributed by atoms with E-state index in [2.05, 4.69) is 0 Å². The Bertz CT molecular complexity index is 7.51. The molecular weight excluding hydrogens is 202 g/mol. The Kier molecular flexibility index (Phi) is 1190. The van der Waals surface area contributed by atoms with Gasteiger partial charge in [0.05, 0.1) is 0 Å². The SMILES string of the molecule is C.Cl.Cl.Cl.Cl.[Ti]. The summed E-state index contributed by atoms with van der Waals surface area (Å²) in [7, 11) is 0. The molecule has 0 bridgehead atoms. The van der Waals surface area contributed by atoms with E-state index in [0.717, 1.165) is 0 Å². The van der Waals surface area contributed by atoms with Gasteiger partial charge in [0.1, 0.15) is 0 Å². The van der Waals surface area contributed by atoms with Crippen LogP contribution in [0.25, 0.3) is 0 Å². The average Bonchev–Trinajstić information content (AvgIpc) is 0. The van der Waals surface area contributed by atoms with Gasteiger partial charge in [0, 0.05) is 21.7 Å². The molecule has 44 valence electrons. The van der Waals surface area contributed by atoms with E-state index >= 15 is 0 Å². The van der Waals surface area contributed by atoms with Crippen LogP contribution in [0.4, 0.5) is 0 Å². The van der Waals surface area contributed by atoms with Crippen LogP contribution in [0.15, 0.2) is 0 Å².